The van der Waals surface area contributed by atoms with Crippen LogP contribution in [0.4, 0.5) is 5.69 Å². The zero-order valence-corrected chi connectivity index (χ0v) is 17.6. The van der Waals surface area contributed by atoms with Gasteiger partial charge in [0, 0.05) is 33.4 Å². The third-order valence-corrected chi connectivity index (χ3v) is 7.13. The molecule has 0 aliphatic carbocycles. The second-order valence-corrected chi connectivity index (χ2v) is 9.48. The van der Waals surface area contributed by atoms with Gasteiger partial charge < -0.3 is 10.1 Å². The molecule has 0 saturated carbocycles. The van der Waals surface area contributed by atoms with Crippen molar-refractivity contribution in [2.45, 2.75) is 14.8 Å². The molecule has 2 heterocycles. The first-order valence-electron chi connectivity index (χ1n) is 9.31. The fraction of sp³-hybridized carbons (Fsp3) is 0. The molecule has 0 saturated heterocycles. The number of aromatic amines is 1. The number of anilines is 1. The van der Waals surface area contributed by atoms with Crippen LogP contribution in [-0.2, 0) is 10.0 Å². The highest BCUT2D eigenvalue weighted by Gasteiger charge is 2.20. The van der Waals surface area contributed by atoms with Crippen molar-refractivity contribution >= 4 is 49.1 Å². The van der Waals surface area contributed by atoms with E-state index >= 15 is 0 Å². The number of fused-ring (bicyclic) bond motifs is 2. The molecule has 31 heavy (non-hydrogen) atoms. The number of H-pyrrole nitrogens is 1. The summed E-state index contributed by atoms with van der Waals surface area (Å²) in [5, 5.41) is 12.9. The normalized spacial score (nSPS) is 11.7. The van der Waals surface area contributed by atoms with Crippen LogP contribution in [-0.4, -0.2) is 28.5 Å². The minimum Gasteiger partial charge on any atom is -0.506 e. The second kappa shape index (κ2) is 7.60. The predicted molar refractivity (Wildman–Crippen MR) is 121 cm³/mol. The Kier molecular flexibility index (Phi) is 4.76. The third-order valence-electron chi connectivity index (χ3n) is 4.79. The molecule has 5 aromatic rings. The lowest BCUT2D eigenvalue weighted by Crippen LogP contribution is -2.13. The molecule has 5 rings (SSSR count). The number of benzene rings is 3. The molecule has 0 amide bonds. The Morgan fingerprint density at radius 1 is 0.935 bits per heavy atom. The number of nitrogens with zero attached hydrogens (tertiary/aromatic N) is 2. The maximum absolute atomic E-state index is 12.8. The van der Waals surface area contributed by atoms with Gasteiger partial charge in [-0.1, -0.05) is 54.2 Å². The average Bonchev–Trinajstić information content (AvgIpc) is 3.33. The molecule has 0 aliphatic heterocycles. The topological polar surface area (TPSA) is 108 Å². The van der Waals surface area contributed by atoms with E-state index in [4.69, 9.17) is 0 Å². The van der Waals surface area contributed by atoms with Crippen LogP contribution in [0.25, 0.3) is 21.7 Å². The van der Waals surface area contributed by atoms with E-state index in [1.165, 1.54) is 24.3 Å². The van der Waals surface area contributed by atoms with Crippen molar-refractivity contribution in [3.8, 4) is 5.75 Å². The van der Waals surface area contributed by atoms with Crippen LogP contribution in [0.15, 0.2) is 94.2 Å². The van der Waals surface area contributed by atoms with Crippen molar-refractivity contribution in [1.82, 2.24) is 15.0 Å². The minimum absolute atomic E-state index is 0.0799. The summed E-state index contributed by atoms with van der Waals surface area (Å²) in [6, 6.07) is 18.4. The smallest absolute Gasteiger partial charge is 0.280 e. The number of hydrogen-bond acceptors (Lipinski definition) is 6. The van der Waals surface area contributed by atoms with Gasteiger partial charge in [0.25, 0.3) is 10.0 Å². The van der Waals surface area contributed by atoms with Crippen LogP contribution in [0.3, 0.4) is 0 Å². The van der Waals surface area contributed by atoms with Gasteiger partial charge in [0.1, 0.15) is 5.75 Å². The highest BCUT2D eigenvalue weighted by atomic mass is 32.2. The van der Waals surface area contributed by atoms with Gasteiger partial charge in [0.15, 0.2) is 5.03 Å². The van der Waals surface area contributed by atoms with Crippen molar-refractivity contribution in [2.24, 2.45) is 0 Å². The standard InChI is InChI=1S/C22H16N4O3S2/c27-22-16-8-2-1-7-15(16)17(26-31(28,29)20-12-23-13-25-20)11-19(22)30-18-9-3-5-14-6-4-10-24-21(14)18/h1-13,26-27H,(H,23,25). The van der Waals surface area contributed by atoms with Gasteiger partial charge in [-0.05, 0) is 18.2 Å². The molecule has 2 aromatic heterocycles. The summed E-state index contributed by atoms with van der Waals surface area (Å²) < 4.78 is 28.1. The molecule has 0 spiro atoms. The van der Waals surface area contributed by atoms with E-state index in [1.54, 1.807) is 36.5 Å². The maximum atomic E-state index is 12.8. The predicted octanol–water partition coefficient (Wildman–Crippen LogP) is 4.77. The number of para-hydroxylation sites is 1. The lowest BCUT2D eigenvalue weighted by Gasteiger charge is -2.14. The summed E-state index contributed by atoms with van der Waals surface area (Å²) >= 11 is 1.33. The number of pyridine rings is 1. The van der Waals surface area contributed by atoms with E-state index in [1.807, 2.05) is 30.3 Å². The second-order valence-electron chi connectivity index (χ2n) is 6.76. The van der Waals surface area contributed by atoms with Crippen molar-refractivity contribution in [2.75, 3.05) is 4.72 Å². The van der Waals surface area contributed by atoms with Crippen LogP contribution >= 0.6 is 11.8 Å². The summed E-state index contributed by atoms with van der Waals surface area (Å²) in [6.45, 7) is 0. The number of nitrogens with one attached hydrogen (secondary N) is 2. The van der Waals surface area contributed by atoms with Crippen molar-refractivity contribution in [3.63, 3.8) is 0 Å². The zero-order valence-electron chi connectivity index (χ0n) is 16.0. The number of phenols is 1. The van der Waals surface area contributed by atoms with Gasteiger partial charge in [-0.3, -0.25) is 9.71 Å². The Bertz CT molecular complexity index is 1510. The molecule has 3 aromatic carbocycles. The van der Waals surface area contributed by atoms with Crippen LogP contribution in [0.2, 0.25) is 0 Å². The van der Waals surface area contributed by atoms with Crippen molar-refractivity contribution in [1.29, 1.82) is 0 Å². The van der Waals surface area contributed by atoms with Crippen LogP contribution in [0.5, 0.6) is 5.75 Å². The summed E-state index contributed by atoms with van der Waals surface area (Å²) in [5.41, 5.74) is 1.16. The molecule has 0 atom stereocenters. The van der Waals surface area contributed by atoms with E-state index in [9.17, 15) is 13.5 Å². The van der Waals surface area contributed by atoms with E-state index < -0.39 is 10.0 Å². The maximum Gasteiger partial charge on any atom is 0.280 e. The number of aromatic hydroxyl groups is 1. The number of imidazole rings is 1. The summed E-state index contributed by atoms with van der Waals surface area (Å²) in [4.78, 5) is 12.3. The monoisotopic (exact) mass is 448 g/mol. The number of hydrogen-bond donors (Lipinski definition) is 3. The molecule has 0 fully saturated rings. The highest BCUT2D eigenvalue weighted by Crippen LogP contribution is 2.44. The number of phenolic OH excluding ortho intramolecular Hbond substituents is 1. The van der Waals surface area contributed by atoms with E-state index in [0.717, 1.165) is 15.8 Å². The SMILES string of the molecule is O=S(=O)(Nc1cc(Sc2cccc3cccnc23)c(O)c2ccccc12)c1c[nH]cn1. The molecule has 3 N–H and O–H groups in total. The third kappa shape index (κ3) is 3.58. The largest absolute Gasteiger partial charge is 0.506 e. The zero-order chi connectivity index (χ0) is 21.4. The first-order chi connectivity index (χ1) is 15.0. The van der Waals surface area contributed by atoms with Gasteiger partial charge in [-0.25, -0.2) is 4.98 Å². The summed E-state index contributed by atoms with van der Waals surface area (Å²) in [6.07, 6.45) is 4.33. The minimum atomic E-state index is -3.89. The molecular weight excluding hydrogens is 432 g/mol. The number of rotatable bonds is 5. The fourth-order valence-electron chi connectivity index (χ4n) is 3.36. The fourth-order valence-corrected chi connectivity index (χ4v) is 5.38. The Morgan fingerprint density at radius 3 is 2.55 bits per heavy atom. The molecule has 0 radical (unpaired) electrons. The molecule has 154 valence electrons. The summed E-state index contributed by atoms with van der Waals surface area (Å²) in [5.74, 6) is 0.0799. The molecule has 0 aliphatic rings. The Hall–Kier alpha value is -3.56. The first-order valence-corrected chi connectivity index (χ1v) is 11.6. The lowest BCUT2D eigenvalue weighted by molar-refractivity contribution is 0.469. The molecule has 0 unspecified atom stereocenters. The van der Waals surface area contributed by atoms with Gasteiger partial charge >= 0.3 is 0 Å². The first kappa shape index (κ1) is 19.4. The quantitative estimate of drug-likeness (QED) is 0.334. The van der Waals surface area contributed by atoms with E-state index in [0.29, 0.717) is 21.4 Å². The lowest BCUT2D eigenvalue weighted by atomic mass is 10.1. The Morgan fingerprint density at radius 2 is 1.74 bits per heavy atom. The average molecular weight is 449 g/mol. The van der Waals surface area contributed by atoms with Crippen molar-refractivity contribution in [3.05, 3.63) is 79.4 Å². The highest BCUT2D eigenvalue weighted by molar-refractivity contribution is 7.99. The molecule has 9 heteroatoms. The Labute approximate surface area is 182 Å². The molecule has 0 bridgehead atoms. The molecule has 7 nitrogen and oxygen atoms in total. The van der Waals surface area contributed by atoms with E-state index in [-0.39, 0.29) is 10.8 Å². The summed E-state index contributed by atoms with van der Waals surface area (Å²) in [7, 11) is -3.89. The van der Waals surface area contributed by atoms with E-state index in [2.05, 4.69) is 19.7 Å². The van der Waals surface area contributed by atoms with Crippen LogP contribution in [0, 0.1) is 0 Å². The van der Waals surface area contributed by atoms with Gasteiger partial charge in [-0.15, -0.1) is 0 Å². The number of sulfonamides is 1. The van der Waals surface area contributed by atoms with Gasteiger partial charge in [0.2, 0.25) is 0 Å². The van der Waals surface area contributed by atoms with Crippen LogP contribution < -0.4 is 4.72 Å². The van der Waals surface area contributed by atoms with Gasteiger partial charge in [0.05, 0.1) is 22.4 Å². The van der Waals surface area contributed by atoms with Gasteiger partial charge in [-0.2, -0.15) is 8.42 Å². The molecular formula is C22H16N4O3S2. The Balaban J connectivity index is 1.65. The van der Waals surface area contributed by atoms with Crippen molar-refractivity contribution < 1.29 is 13.5 Å². The number of aromatic nitrogens is 3. The van der Waals surface area contributed by atoms with Crippen LogP contribution in [0.1, 0.15) is 0 Å².